The summed E-state index contributed by atoms with van der Waals surface area (Å²) in [4.78, 5) is 2.78. The van der Waals surface area contributed by atoms with Gasteiger partial charge >= 0.3 is 0 Å². The van der Waals surface area contributed by atoms with Gasteiger partial charge in [-0.15, -0.1) is 6.58 Å². The second-order valence-electron chi connectivity index (χ2n) is 11.8. The Hall–Kier alpha value is -2.46. The molecular weight excluding hydrogens is 522 g/mol. The predicted octanol–water partition coefficient (Wildman–Crippen LogP) is 10.4. The third kappa shape index (κ3) is 11.2. The Bertz CT molecular complexity index is 1050. The molecule has 3 unspecified atom stereocenters. The van der Waals surface area contributed by atoms with Crippen molar-refractivity contribution in [1.82, 2.24) is 15.3 Å². The zero-order valence-electron chi connectivity index (χ0n) is 28.5. The molecular formula is C40H63N3. The molecule has 1 aliphatic rings. The van der Waals surface area contributed by atoms with E-state index < -0.39 is 0 Å². The quantitative estimate of drug-likeness (QED) is 0.107. The van der Waals surface area contributed by atoms with Crippen LogP contribution >= 0.6 is 0 Å². The molecule has 1 N–H and O–H groups in total. The Morgan fingerprint density at radius 2 is 1.70 bits per heavy atom. The van der Waals surface area contributed by atoms with Gasteiger partial charge in [-0.3, -0.25) is 10.3 Å². The highest BCUT2D eigenvalue weighted by molar-refractivity contribution is 5.67. The monoisotopic (exact) mass is 586 g/mol. The average Bonchev–Trinajstić information content (AvgIpc) is 3.05. The molecule has 0 bridgehead atoms. The molecule has 2 aromatic rings. The number of hydrogen-bond acceptors (Lipinski definition) is 3. The van der Waals surface area contributed by atoms with E-state index in [0.717, 1.165) is 44.9 Å². The maximum Gasteiger partial charge on any atom is 0.0520 e. The molecule has 1 saturated heterocycles. The van der Waals surface area contributed by atoms with E-state index in [0.29, 0.717) is 12.0 Å². The van der Waals surface area contributed by atoms with Gasteiger partial charge < -0.3 is 0 Å². The van der Waals surface area contributed by atoms with Gasteiger partial charge in [0.05, 0.1) is 6.04 Å². The Labute approximate surface area is 266 Å². The van der Waals surface area contributed by atoms with E-state index in [-0.39, 0.29) is 6.04 Å². The number of likely N-dealkylation sites (tertiary alicyclic amines) is 1. The van der Waals surface area contributed by atoms with Crippen LogP contribution in [0.2, 0.25) is 0 Å². The van der Waals surface area contributed by atoms with Gasteiger partial charge in [-0.25, -0.2) is 5.01 Å². The lowest BCUT2D eigenvalue weighted by Gasteiger charge is -2.45. The van der Waals surface area contributed by atoms with Gasteiger partial charge in [0.25, 0.3) is 0 Å². The zero-order chi connectivity index (χ0) is 31.5. The fourth-order valence-electron chi connectivity index (χ4n) is 6.73. The van der Waals surface area contributed by atoms with Crippen molar-refractivity contribution in [3.05, 3.63) is 96.1 Å². The summed E-state index contributed by atoms with van der Waals surface area (Å²) >= 11 is 0. The molecule has 1 heterocycles. The van der Waals surface area contributed by atoms with E-state index in [1.54, 1.807) is 0 Å². The molecule has 0 saturated carbocycles. The third-order valence-electron chi connectivity index (χ3n) is 9.06. The van der Waals surface area contributed by atoms with Crippen LogP contribution in [0.1, 0.15) is 115 Å². The van der Waals surface area contributed by atoms with E-state index in [1.165, 1.54) is 60.8 Å². The van der Waals surface area contributed by atoms with Gasteiger partial charge in [-0.1, -0.05) is 126 Å². The summed E-state index contributed by atoms with van der Waals surface area (Å²) in [5.74, 6) is 1.40. The number of benzene rings is 2. The summed E-state index contributed by atoms with van der Waals surface area (Å²) in [5, 5.41) is 2.53. The number of piperidine rings is 1. The lowest BCUT2D eigenvalue weighted by molar-refractivity contribution is 0.0288. The summed E-state index contributed by atoms with van der Waals surface area (Å²) in [6.07, 6.45) is 18.6. The topological polar surface area (TPSA) is 18.5 Å². The number of unbranched alkanes of at least 4 members (excludes halogenated alkanes) is 2. The summed E-state index contributed by atoms with van der Waals surface area (Å²) in [6, 6.07) is 18.3. The van der Waals surface area contributed by atoms with E-state index >= 15 is 0 Å². The number of allylic oxidation sites excluding steroid dienone is 2. The van der Waals surface area contributed by atoms with Crippen molar-refractivity contribution in [2.45, 2.75) is 105 Å². The second-order valence-corrected chi connectivity index (χ2v) is 11.8. The van der Waals surface area contributed by atoms with E-state index in [4.69, 9.17) is 0 Å². The Kier molecular flexibility index (Phi) is 18.2. The van der Waals surface area contributed by atoms with Crippen molar-refractivity contribution in [2.24, 2.45) is 11.8 Å². The molecule has 3 rings (SSSR count). The van der Waals surface area contributed by atoms with Gasteiger partial charge in [0.2, 0.25) is 0 Å². The molecule has 3 atom stereocenters. The van der Waals surface area contributed by atoms with Crippen LogP contribution < -0.4 is 5.43 Å². The molecule has 1 aliphatic heterocycles. The molecule has 3 nitrogen and oxygen atoms in total. The first-order valence-corrected chi connectivity index (χ1v) is 17.4. The number of hydrazine groups is 1. The first-order valence-electron chi connectivity index (χ1n) is 17.4. The first-order chi connectivity index (χ1) is 21.1. The highest BCUT2D eigenvalue weighted by atomic mass is 15.5. The Morgan fingerprint density at radius 3 is 2.30 bits per heavy atom. The van der Waals surface area contributed by atoms with E-state index in [9.17, 15) is 0 Å². The van der Waals surface area contributed by atoms with Gasteiger partial charge in [0.1, 0.15) is 0 Å². The van der Waals surface area contributed by atoms with Gasteiger partial charge in [-0.05, 0) is 93.1 Å². The minimum atomic E-state index is 0.275. The molecule has 0 aliphatic carbocycles. The van der Waals surface area contributed by atoms with Crippen LogP contribution in [-0.4, -0.2) is 42.1 Å². The normalized spacial score (nSPS) is 16.4. The van der Waals surface area contributed by atoms with Crippen LogP contribution in [0.5, 0.6) is 0 Å². The van der Waals surface area contributed by atoms with Crippen LogP contribution in [0.4, 0.5) is 0 Å². The maximum absolute atomic E-state index is 4.28. The van der Waals surface area contributed by atoms with Crippen molar-refractivity contribution in [3.8, 4) is 0 Å². The standard InChI is InChI=1S/C38H57N3.C2H6/c1-7-12-14-21-33(10-4)34-25-28-40(29-26-34)38(37-23-17-22-35(18-8-2)36(37)11-5)31(6)41(39-27-9-3)30-24-32-19-15-13-16-20-32;1-2/h8,10-11,13,15-20,22-23,31,33-34,38-39H,4-5,7,9,12,14,21,24-30H2,1-3,6H3;1-2H3/b18-8-;. The lowest BCUT2D eigenvalue weighted by Crippen LogP contribution is -2.53. The van der Waals surface area contributed by atoms with Crippen LogP contribution in [0.15, 0.2) is 73.8 Å². The van der Waals surface area contributed by atoms with Gasteiger partial charge in [0.15, 0.2) is 0 Å². The van der Waals surface area contributed by atoms with Crippen molar-refractivity contribution in [1.29, 1.82) is 0 Å². The molecule has 0 spiro atoms. The summed E-state index contributed by atoms with van der Waals surface area (Å²) < 4.78 is 0. The second kappa shape index (κ2) is 21.3. The summed E-state index contributed by atoms with van der Waals surface area (Å²) in [6.45, 7) is 25.8. The van der Waals surface area contributed by atoms with Crippen LogP contribution in [0, 0.1) is 11.8 Å². The highest BCUT2D eigenvalue weighted by Crippen LogP contribution is 2.37. The minimum Gasteiger partial charge on any atom is -0.295 e. The largest absolute Gasteiger partial charge is 0.295 e. The van der Waals surface area contributed by atoms with Crippen molar-refractivity contribution >= 4 is 12.2 Å². The molecule has 0 amide bonds. The SMILES string of the molecule is C=Cc1c(/C=C\C)cccc1C(C(C)N(CCc1ccccc1)NCCC)N1CCC(C(C=C)CCCCC)CC1.CC. The molecule has 43 heavy (non-hydrogen) atoms. The molecule has 3 heteroatoms. The van der Waals surface area contributed by atoms with Crippen molar-refractivity contribution in [3.63, 3.8) is 0 Å². The Balaban J connectivity index is 0.00000316. The predicted molar refractivity (Wildman–Crippen MR) is 192 cm³/mol. The zero-order valence-corrected chi connectivity index (χ0v) is 28.5. The van der Waals surface area contributed by atoms with E-state index in [2.05, 4.69) is 129 Å². The number of hydrogen-bond donors (Lipinski definition) is 1. The smallest absolute Gasteiger partial charge is 0.0520 e. The fourth-order valence-corrected chi connectivity index (χ4v) is 6.73. The molecule has 1 fully saturated rings. The number of rotatable bonds is 18. The molecule has 238 valence electrons. The summed E-state index contributed by atoms with van der Waals surface area (Å²) in [7, 11) is 0. The van der Waals surface area contributed by atoms with E-state index in [1.807, 2.05) is 13.8 Å². The lowest BCUT2D eigenvalue weighted by atomic mass is 9.80. The van der Waals surface area contributed by atoms with Gasteiger partial charge in [0, 0.05) is 19.1 Å². The maximum atomic E-state index is 4.28. The van der Waals surface area contributed by atoms with Crippen molar-refractivity contribution in [2.75, 3.05) is 26.2 Å². The average molecular weight is 586 g/mol. The molecule has 2 aromatic carbocycles. The van der Waals surface area contributed by atoms with Crippen LogP contribution in [-0.2, 0) is 6.42 Å². The number of nitrogens with one attached hydrogen (secondary N) is 1. The van der Waals surface area contributed by atoms with Crippen LogP contribution in [0.25, 0.3) is 12.2 Å². The van der Waals surface area contributed by atoms with Gasteiger partial charge in [-0.2, -0.15) is 0 Å². The molecule has 0 aromatic heterocycles. The first kappa shape index (κ1) is 36.7. The highest BCUT2D eigenvalue weighted by Gasteiger charge is 2.35. The molecule has 0 radical (unpaired) electrons. The third-order valence-corrected chi connectivity index (χ3v) is 9.06. The van der Waals surface area contributed by atoms with Crippen molar-refractivity contribution < 1.29 is 0 Å². The minimum absolute atomic E-state index is 0.275. The number of nitrogens with zero attached hydrogens (tertiary/aromatic N) is 2. The van der Waals surface area contributed by atoms with Crippen LogP contribution in [0.3, 0.4) is 0 Å². The fraction of sp³-hybridized carbons (Fsp3) is 0.550. The Morgan fingerprint density at radius 1 is 0.977 bits per heavy atom. The summed E-state index contributed by atoms with van der Waals surface area (Å²) in [5.41, 5.74) is 9.14.